The SMILES string of the molecule is CCOc1ccc(C2(C#N)CC(C)(C)C2)cc1. The smallest absolute Gasteiger partial charge is 0.119 e. The summed E-state index contributed by atoms with van der Waals surface area (Å²) in [5.41, 5.74) is 1.16. The highest BCUT2D eigenvalue weighted by Gasteiger charge is 2.50. The molecule has 0 bridgehead atoms. The molecule has 1 aromatic carbocycles. The zero-order valence-corrected chi connectivity index (χ0v) is 10.8. The molecule has 0 spiro atoms. The van der Waals surface area contributed by atoms with Gasteiger partial charge in [-0.1, -0.05) is 26.0 Å². The number of hydrogen-bond acceptors (Lipinski definition) is 2. The Morgan fingerprint density at radius 1 is 1.24 bits per heavy atom. The lowest BCUT2D eigenvalue weighted by Crippen LogP contribution is -2.45. The van der Waals surface area contributed by atoms with E-state index in [1.165, 1.54) is 0 Å². The van der Waals surface area contributed by atoms with Crippen LogP contribution in [0.3, 0.4) is 0 Å². The van der Waals surface area contributed by atoms with E-state index >= 15 is 0 Å². The molecule has 1 saturated carbocycles. The minimum absolute atomic E-state index is 0.270. The van der Waals surface area contributed by atoms with Crippen LogP contribution in [-0.4, -0.2) is 6.61 Å². The van der Waals surface area contributed by atoms with Gasteiger partial charge in [0.25, 0.3) is 0 Å². The number of ether oxygens (including phenoxy) is 1. The molecule has 17 heavy (non-hydrogen) atoms. The van der Waals surface area contributed by atoms with Gasteiger partial charge in [-0.3, -0.25) is 0 Å². The molecule has 1 aliphatic rings. The molecule has 0 aromatic heterocycles. The Labute approximate surface area is 103 Å². The number of hydrogen-bond donors (Lipinski definition) is 0. The van der Waals surface area contributed by atoms with E-state index < -0.39 is 0 Å². The van der Waals surface area contributed by atoms with Crippen molar-refractivity contribution in [1.29, 1.82) is 5.26 Å². The number of benzene rings is 1. The van der Waals surface area contributed by atoms with Crippen LogP contribution >= 0.6 is 0 Å². The van der Waals surface area contributed by atoms with Gasteiger partial charge >= 0.3 is 0 Å². The molecule has 0 radical (unpaired) electrons. The largest absolute Gasteiger partial charge is 0.494 e. The lowest BCUT2D eigenvalue weighted by Gasteiger charge is -2.49. The summed E-state index contributed by atoms with van der Waals surface area (Å²) in [6.07, 6.45) is 1.90. The van der Waals surface area contributed by atoms with E-state index in [1.54, 1.807) is 0 Å². The summed E-state index contributed by atoms with van der Waals surface area (Å²) in [6, 6.07) is 10.5. The molecule has 0 amide bonds. The Morgan fingerprint density at radius 3 is 2.24 bits per heavy atom. The van der Waals surface area contributed by atoms with Crippen molar-refractivity contribution >= 4 is 0 Å². The highest BCUT2D eigenvalue weighted by Crippen LogP contribution is 2.55. The van der Waals surface area contributed by atoms with Crippen molar-refractivity contribution < 1.29 is 4.74 Å². The van der Waals surface area contributed by atoms with Crippen LogP contribution < -0.4 is 4.74 Å². The monoisotopic (exact) mass is 229 g/mol. The minimum Gasteiger partial charge on any atom is -0.494 e. The Bertz CT molecular complexity index is 431. The Morgan fingerprint density at radius 2 is 1.82 bits per heavy atom. The van der Waals surface area contributed by atoms with Gasteiger partial charge in [-0.15, -0.1) is 0 Å². The molecule has 0 N–H and O–H groups in total. The van der Waals surface area contributed by atoms with Gasteiger partial charge < -0.3 is 4.74 Å². The molecular weight excluding hydrogens is 210 g/mol. The molecule has 0 saturated heterocycles. The minimum atomic E-state index is -0.270. The molecule has 0 aliphatic heterocycles. The van der Waals surface area contributed by atoms with Crippen molar-refractivity contribution in [3.63, 3.8) is 0 Å². The van der Waals surface area contributed by atoms with Crippen molar-refractivity contribution in [2.24, 2.45) is 5.41 Å². The molecule has 90 valence electrons. The first-order chi connectivity index (χ1) is 8.01. The lowest BCUT2D eigenvalue weighted by molar-refractivity contribution is 0.0999. The van der Waals surface area contributed by atoms with Crippen molar-refractivity contribution in [2.45, 2.75) is 39.0 Å². The Kier molecular flexibility index (Phi) is 2.87. The topological polar surface area (TPSA) is 33.0 Å². The first kappa shape index (κ1) is 12.0. The van der Waals surface area contributed by atoms with E-state index in [4.69, 9.17) is 4.74 Å². The maximum Gasteiger partial charge on any atom is 0.119 e. The zero-order chi connectivity index (χ0) is 12.5. The van der Waals surface area contributed by atoms with Gasteiger partial charge in [-0.25, -0.2) is 0 Å². The fourth-order valence-electron chi connectivity index (χ4n) is 2.97. The molecule has 1 fully saturated rings. The first-order valence-electron chi connectivity index (χ1n) is 6.16. The summed E-state index contributed by atoms with van der Waals surface area (Å²) in [4.78, 5) is 0. The van der Waals surface area contributed by atoms with Gasteiger partial charge in [0, 0.05) is 0 Å². The van der Waals surface area contributed by atoms with Gasteiger partial charge in [0.05, 0.1) is 18.1 Å². The average Bonchev–Trinajstić information content (AvgIpc) is 2.27. The summed E-state index contributed by atoms with van der Waals surface area (Å²) >= 11 is 0. The van der Waals surface area contributed by atoms with Gasteiger partial charge in [0.2, 0.25) is 0 Å². The number of nitriles is 1. The fourth-order valence-corrected chi connectivity index (χ4v) is 2.97. The van der Waals surface area contributed by atoms with Crippen LogP contribution in [0, 0.1) is 16.7 Å². The van der Waals surface area contributed by atoms with Crippen molar-refractivity contribution in [3.8, 4) is 11.8 Å². The third-order valence-electron chi connectivity index (χ3n) is 3.49. The number of nitrogens with zero attached hydrogens (tertiary/aromatic N) is 1. The molecule has 1 aromatic rings. The Hall–Kier alpha value is -1.49. The van der Waals surface area contributed by atoms with Gasteiger partial charge in [-0.05, 0) is 42.9 Å². The highest BCUT2D eigenvalue weighted by atomic mass is 16.5. The summed E-state index contributed by atoms with van der Waals surface area (Å²) in [5.74, 6) is 0.878. The summed E-state index contributed by atoms with van der Waals surface area (Å²) in [6.45, 7) is 7.09. The van der Waals surface area contributed by atoms with E-state index in [0.29, 0.717) is 12.0 Å². The molecular formula is C15H19NO. The van der Waals surface area contributed by atoms with E-state index in [1.807, 2.05) is 31.2 Å². The van der Waals surface area contributed by atoms with Crippen LogP contribution in [-0.2, 0) is 5.41 Å². The predicted molar refractivity (Wildman–Crippen MR) is 67.9 cm³/mol. The van der Waals surface area contributed by atoms with E-state index in [9.17, 15) is 5.26 Å². The second-order valence-electron chi connectivity index (χ2n) is 5.67. The maximum absolute atomic E-state index is 9.41. The van der Waals surface area contributed by atoms with E-state index in [0.717, 1.165) is 24.2 Å². The maximum atomic E-state index is 9.41. The molecule has 2 heteroatoms. The van der Waals surface area contributed by atoms with Crippen molar-refractivity contribution in [1.82, 2.24) is 0 Å². The fraction of sp³-hybridized carbons (Fsp3) is 0.533. The molecule has 1 aliphatic carbocycles. The molecule has 2 nitrogen and oxygen atoms in total. The van der Waals surface area contributed by atoms with Crippen molar-refractivity contribution in [3.05, 3.63) is 29.8 Å². The summed E-state index contributed by atoms with van der Waals surface area (Å²) in [5, 5.41) is 9.41. The molecule has 0 heterocycles. The second-order valence-corrected chi connectivity index (χ2v) is 5.67. The normalized spacial score (nSPS) is 20.1. The lowest BCUT2D eigenvalue weighted by atomic mass is 9.52. The van der Waals surface area contributed by atoms with Gasteiger partial charge in [0.1, 0.15) is 5.75 Å². The van der Waals surface area contributed by atoms with Gasteiger partial charge in [0.15, 0.2) is 0 Å². The average molecular weight is 229 g/mol. The van der Waals surface area contributed by atoms with E-state index in [2.05, 4.69) is 19.9 Å². The van der Waals surface area contributed by atoms with E-state index in [-0.39, 0.29) is 5.41 Å². The predicted octanol–water partition coefficient (Wildman–Crippen LogP) is 3.67. The third-order valence-corrected chi connectivity index (χ3v) is 3.49. The van der Waals surface area contributed by atoms with Crippen LogP contribution in [0.5, 0.6) is 5.75 Å². The van der Waals surface area contributed by atoms with Crippen LogP contribution in [0.25, 0.3) is 0 Å². The summed E-state index contributed by atoms with van der Waals surface area (Å²) < 4.78 is 5.42. The van der Waals surface area contributed by atoms with Crippen LogP contribution in [0.2, 0.25) is 0 Å². The zero-order valence-electron chi connectivity index (χ0n) is 10.8. The molecule has 2 rings (SSSR count). The van der Waals surface area contributed by atoms with Crippen LogP contribution in [0.4, 0.5) is 0 Å². The first-order valence-corrected chi connectivity index (χ1v) is 6.16. The van der Waals surface area contributed by atoms with Crippen LogP contribution in [0.15, 0.2) is 24.3 Å². The third kappa shape index (κ3) is 2.15. The number of rotatable bonds is 3. The Balaban J connectivity index is 2.20. The van der Waals surface area contributed by atoms with Gasteiger partial charge in [-0.2, -0.15) is 5.26 Å². The van der Waals surface area contributed by atoms with Crippen LogP contribution in [0.1, 0.15) is 39.2 Å². The molecule has 0 unspecified atom stereocenters. The second kappa shape index (κ2) is 4.07. The summed E-state index contributed by atoms with van der Waals surface area (Å²) in [7, 11) is 0. The standard InChI is InChI=1S/C15H19NO/c1-4-17-13-7-5-12(6-8-13)15(11-16)9-14(2,3)10-15/h5-8H,4,9-10H2,1-3H3. The highest BCUT2D eigenvalue weighted by molar-refractivity contribution is 5.40. The quantitative estimate of drug-likeness (QED) is 0.792. The molecule has 0 atom stereocenters. The van der Waals surface area contributed by atoms with Crippen molar-refractivity contribution in [2.75, 3.05) is 6.61 Å².